The number of fused-ring (bicyclic) bond motifs is 1. The molecule has 0 bridgehead atoms. The van der Waals surface area contributed by atoms with Crippen LogP contribution >= 0.6 is 0 Å². The first-order chi connectivity index (χ1) is 13.0. The number of furan rings is 1. The molecule has 0 spiro atoms. The van der Waals surface area contributed by atoms with Gasteiger partial charge in [0.2, 0.25) is 0 Å². The van der Waals surface area contributed by atoms with Gasteiger partial charge in [-0.05, 0) is 31.2 Å². The Morgan fingerprint density at radius 3 is 2.63 bits per heavy atom. The lowest BCUT2D eigenvalue weighted by molar-refractivity contribution is -0.144. The normalized spacial score (nSPS) is 16.6. The molecule has 3 aromatic rings. The monoisotopic (exact) mass is 367 g/mol. The lowest BCUT2D eigenvalue weighted by Crippen LogP contribution is -2.50. The number of carbonyl (C=O) groups excluding carboxylic acids is 1. The maximum Gasteiger partial charge on any atom is 0.325 e. The minimum atomic E-state index is -0.886. The molecule has 1 amide bonds. The summed E-state index contributed by atoms with van der Waals surface area (Å²) in [5, 5.41) is 10.8. The van der Waals surface area contributed by atoms with Gasteiger partial charge >= 0.3 is 5.97 Å². The van der Waals surface area contributed by atoms with Crippen LogP contribution in [0, 0.1) is 6.92 Å². The molecule has 0 unspecified atom stereocenters. The summed E-state index contributed by atoms with van der Waals surface area (Å²) in [5.74, 6) is -0.734. The van der Waals surface area contributed by atoms with Crippen molar-refractivity contribution >= 4 is 22.8 Å². The maximum atomic E-state index is 12.4. The number of benzene rings is 1. The highest BCUT2D eigenvalue weighted by molar-refractivity contribution is 5.92. The zero-order valence-corrected chi connectivity index (χ0v) is 15.0. The van der Waals surface area contributed by atoms with Crippen LogP contribution in [0.5, 0.6) is 0 Å². The van der Waals surface area contributed by atoms with Crippen LogP contribution in [0.25, 0.3) is 10.9 Å². The van der Waals surface area contributed by atoms with E-state index < -0.39 is 12.0 Å². The molecule has 1 fully saturated rings. The zero-order valence-electron chi connectivity index (χ0n) is 15.0. The highest BCUT2D eigenvalue weighted by atomic mass is 16.4. The molecular formula is C20H21N3O4. The van der Waals surface area contributed by atoms with Gasteiger partial charge in [-0.1, -0.05) is 11.6 Å². The summed E-state index contributed by atoms with van der Waals surface area (Å²) in [6.45, 7) is 3.89. The number of aliphatic carboxylic acids is 1. The van der Waals surface area contributed by atoms with E-state index in [1.807, 2.05) is 30.0 Å². The van der Waals surface area contributed by atoms with E-state index in [9.17, 15) is 14.7 Å². The summed E-state index contributed by atoms with van der Waals surface area (Å²) >= 11 is 0. The van der Waals surface area contributed by atoms with Gasteiger partial charge in [0, 0.05) is 48.8 Å². The molecule has 27 heavy (non-hydrogen) atoms. The molecule has 7 nitrogen and oxygen atoms in total. The fourth-order valence-electron chi connectivity index (χ4n) is 3.71. The fraction of sp³-hybridized carbons (Fsp3) is 0.300. The molecule has 2 aromatic heterocycles. The number of rotatable bonds is 4. The van der Waals surface area contributed by atoms with Crippen molar-refractivity contribution in [2.24, 2.45) is 0 Å². The first kappa shape index (κ1) is 17.4. The number of carbonyl (C=O) groups is 2. The number of aromatic nitrogens is 1. The van der Waals surface area contributed by atoms with Crippen molar-refractivity contribution in [2.75, 3.05) is 26.2 Å². The Morgan fingerprint density at radius 1 is 1.19 bits per heavy atom. The molecule has 1 aliphatic rings. The van der Waals surface area contributed by atoms with Crippen LogP contribution in [0.2, 0.25) is 0 Å². The average molecular weight is 367 g/mol. The Morgan fingerprint density at radius 2 is 1.96 bits per heavy atom. The van der Waals surface area contributed by atoms with Crippen molar-refractivity contribution in [3.05, 3.63) is 59.7 Å². The van der Waals surface area contributed by atoms with Crippen LogP contribution < -0.4 is 0 Å². The number of nitrogens with one attached hydrogen (secondary N) is 1. The Hall–Kier alpha value is -3.06. The summed E-state index contributed by atoms with van der Waals surface area (Å²) in [6, 6.07) is 8.55. The van der Waals surface area contributed by atoms with Crippen molar-refractivity contribution in [2.45, 2.75) is 13.0 Å². The van der Waals surface area contributed by atoms with E-state index in [0.717, 1.165) is 22.0 Å². The van der Waals surface area contributed by atoms with Crippen LogP contribution in [-0.2, 0) is 4.79 Å². The zero-order chi connectivity index (χ0) is 19.0. The summed E-state index contributed by atoms with van der Waals surface area (Å²) in [6.07, 6.45) is 3.26. The predicted octanol–water partition coefficient (Wildman–Crippen LogP) is 2.65. The maximum absolute atomic E-state index is 12.4. The smallest absolute Gasteiger partial charge is 0.325 e. The van der Waals surface area contributed by atoms with Crippen LogP contribution in [0.1, 0.15) is 27.7 Å². The number of H-pyrrole nitrogens is 1. The van der Waals surface area contributed by atoms with Crippen LogP contribution in [0.4, 0.5) is 0 Å². The molecule has 1 saturated heterocycles. The number of amides is 1. The molecule has 0 saturated carbocycles. The van der Waals surface area contributed by atoms with Gasteiger partial charge in [0.15, 0.2) is 5.76 Å². The molecule has 7 heteroatoms. The number of carboxylic acids is 1. The largest absolute Gasteiger partial charge is 0.480 e. The molecule has 1 atom stereocenters. The molecule has 4 rings (SSSR count). The number of piperazine rings is 1. The summed E-state index contributed by atoms with van der Waals surface area (Å²) in [7, 11) is 0. The number of nitrogens with zero attached hydrogens (tertiary/aromatic N) is 2. The summed E-state index contributed by atoms with van der Waals surface area (Å²) < 4.78 is 5.18. The molecule has 1 aliphatic heterocycles. The van der Waals surface area contributed by atoms with Crippen molar-refractivity contribution < 1.29 is 19.1 Å². The lowest BCUT2D eigenvalue weighted by atomic mass is 10.0. The van der Waals surface area contributed by atoms with Gasteiger partial charge in [0.25, 0.3) is 5.91 Å². The predicted molar refractivity (Wildman–Crippen MR) is 99.6 cm³/mol. The molecule has 140 valence electrons. The second-order valence-electron chi connectivity index (χ2n) is 6.84. The third-order valence-electron chi connectivity index (χ3n) is 5.10. The van der Waals surface area contributed by atoms with Gasteiger partial charge in [0.05, 0.1) is 6.26 Å². The van der Waals surface area contributed by atoms with E-state index in [-0.39, 0.29) is 5.91 Å². The van der Waals surface area contributed by atoms with E-state index in [4.69, 9.17) is 4.42 Å². The first-order valence-corrected chi connectivity index (χ1v) is 8.92. The first-order valence-electron chi connectivity index (χ1n) is 8.92. The summed E-state index contributed by atoms with van der Waals surface area (Å²) in [5.41, 5.74) is 2.77. The Balaban J connectivity index is 1.55. The third-order valence-corrected chi connectivity index (χ3v) is 5.10. The van der Waals surface area contributed by atoms with Gasteiger partial charge in [-0.2, -0.15) is 0 Å². The van der Waals surface area contributed by atoms with Gasteiger partial charge in [-0.3, -0.25) is 14.5 Å². The Kier molecular flexibility index (Phi) is 4.45. The standard InChI is InChI=1S/C20H21N3O4/c1-13-4-5-16-14(11-13)15(12-21-16)18(20(25)26)22-6-8-23(9-7-22)19(24)17-3-2-10-27-17/h2-5,10-12,18,21H,6-9H2,1H3,(H,25,26)/t18-/m0/s1. The number of aryl methyl sites for hydroxylation is 1. The van der Waals surface area contributed by atoms with Crippen molar-refractivity contribution in [3.8, 4) is 0 Å². The van der Waals surface area contributed by atoms with E-state index >= 15 is 0 Å². The van der Waals surface area contributed by atoms with Crippen LogP contribution in [0.15, 0.2) is 47.2 Å². The topological polar surface area (TPSA) is 89.8 Å². The SMILES string of the molecule is Cc1ccc2[nH]cc([C@@H](C(=O)O)N3CCN(C(=O)c4ccco4)CC3)c2c1. The van der Waals surface area contributed by atoms with E-state index in [2.05, 4.69) is 4.98 Å². The fourth-order valence-corrected chi connectivity index (χ4v) is 3.71. The van der Waals surface area contributed by atoms with E-state index in [0.29, 0.717) is 31.9 Å². The van der Waals surface area contributed by atoms with Crippen LogP contribution in [-0.4, -0.2) is 57.9 Å². The highest BCUT2D eigenvalue weighted by Gasteiger charge is 2.33. The molecule has 2 N–H and O–H groups in total. The lowest BCUT2D eigenvalue weighted by Gasteiger charge is -2.37. The average Bonchev–Trinajstić information content (AvgIpc) is 3.32. The van der Waals surface area contributed by atoms with Crippen molar-refractivity contribution in [1.29, 1.82) is 0 Å². The second-order valence-corrected chi connectivity index (χ2v) is 6.84. The van der Waals surface area contributed by atoms with Gasteiger partial charge in [-0.15, -0.1) is 0 Å². The molecule has 0 aliphatic carbocycles. The molecular weight excluding hydrogens is 346 g/mol. The number of aromatic amines is 1. The minimum absolute atomic E-state index is 0.158. The summed E-state index contributed by atoms with van der Waals surface area (Å²) in [4.78, 5) is 31.3. The van der Waals surface area contributed by atoms with Crippen LogP contribution in [0.3, 0.4) is 0 Å². The van der Waals surface area contributed by atoms with Gasteiger partial charge in [0.1, 0.15) is 6.04 Å². The third kappa shape index (κ3) is 3.21. The van der Waals surface area contributed by atoms with E-state index in [1.54, 1.807) is 23.2 Å². The number of hydrogen-bond acceptors (Lipinski definition) is 4. The van der Waals surface area contributed by atoms with Crippen molar-refractivity contribution in [3.63, 3.8) is 0 Å². The van der Waals surface area contributed by atoms with Gasteiger partial charge in [-0.25, -0.2) is 0 Å². The Labute approximate surface area is 156 Å². The molecule has 3 heterocycles. The van der Waals surface area contributed by atoms with Gasteiger partial charge < -0.3 is 19.4 Å². The highest BCUT2D eigenvalue weighted by Crippen LogP contribution is 2.30. The minimum Gasteiger partial charge on any atom is -0.480 e. The van der Waals surface area contributed by atoms with E-state index in [1.165, 1.54) is 6.26 Å². The quantitative estimate of drug-likeness (QED) is 0.740. The van der Waals surface area contributed by atoms with Crippen molar-refractivity contribution in [1.82, 2.24) is 14.8 Å². The number of carboxylic acid groups (broad SMARTS) is 1. The second kappa shape index (κ2) is 6.92. The number of hydrogen-bond donors (Lipinski definition) is 2. The Bertz CT molecular complexity index is 968. The molecule has 0 radical (unpaired) electrons. The molecule has 1 aromatic carbocycles.